The van der Waals surface area contributed by atoms with Crippen LogP contribution in [-0.2, 0) is 6.42 Å². The molecule has 0 fully saturated rings. The summed E-state index contributed by atoms with van der Waals surface area (Å²) in [5.41, 5.74) is 0.00573. The number of hydrogen-bond acceptors (Lipinski definition) is 1. The first-order chi connectivity index (χ1) is 13.4. The van der Waals surface area contributed by atoms with E-state index in [1.54, 1.807) is 61.6 Å². The molecule has 1 nitrogen and oxygen atoms in total. The average molecular weight is 415 g/mol. The molecule has 0 amide bonds. The fourth-order valence-electron chi connectivity index (χ4n) is 2.93. The monoisotopic (exact) mass is 414 g/mol. The van der Waals surface area contributed by atoms with E-state index in [0.717, 1.165) is 5.19 Å². The molecule has 3 aromatic rings. The van der Waals surface area contributed by atoms with Crippen molar-refractivity contribution < 1.29 is 13.5 Å². The van der Waals surface area contributed by atoms with Crippen molar-refractivity contribution in [3.8, 4) is 11.5 Å². The van der Waals surface area contributed by atoms with Gasteiger partial charge in [-0.3, -0.25) is 0 Å². The summed E-state index contributed by atoms with van der Waals surface area (Å²) in [6, 6.07) is 23.4. The zero-order valence-corrected chi connectivity index (χ0v) is 17.5. The van der Waals surface area contributed by atoms with E-state index in [9.17, 15) is 8.78 Å². The van der Waals surface area contributed by atoms with Crippen LogP contribution in [0.4, 0.5) is 8.78 Å². The topological polar surface area (TPSA) is 9.23 Å². The molecule has 0 aromatic heterocycles. The zero-order valence-electron chi connectivity index (χ0n) is 15.8. The molecule has 0 spiro atoms. The molecule has 28 heavy (non-hydrogen) atoms. The quantitative estimate of drug-likeness (QED) is 0.395. The lowest BCUT2D eigenvalue weighted by Crippen LogP contribution is -2.43. The van der Waals surface area contributed by atoms with Gasteiger partial charge in [0.15, 0.2) is 8.07 Å². The van der Waals surface area contributed by atoms with E-state index in [0.29, 0.717) is 22.1 Å². The summed E-state index contributed by atoms with van der Waals surface area (Å²) in [6.07, 6.45) is -0.109. The van der Waals surface area contributed by atoms with Crippen molar-refractivity contribution in [3.63, 3.8) is 0 Å². The molecule has 144 valence electrons. The number of ether oxygens (including phenoxy) is 1. The highest BCUT2D eigenvalue weighted by molar-refractivity contribution is 6.95. The van der Waals surface area contributed by atoms with Gasteiger partial charge in [-0.05, 0) is 42.0 Å². The lowest BCUT2D eigenvalue weighted by atomic mass is 10.1. The second-order valence-electron chi connectivity index (χ2n) is 7.09. The molecule has 0 saturated carbocycles. The third-order valence-corrected chi connectivity index (χ3v) is 7.99. The van der Waals surface area contributed by atoms with Crippen LogP contribution in [0.25, 0.3) is 0 Å². The van der Waals surface area contributed by atoms with Crippen LogP contribution in [0, 0.1) is 0 Å². The molecule has 0 aliphatic carbocycles. The van der Waals surface area contributed by atoms with Gasteiger partial charge in [-0.25, -0.2) is 8.78 Å². The summed E-state index contributed by atoms with van der Waals surface area (Å²) in [7, 11) is -2.75. The SMILES string of the molecule is C[Si](C)(/C(F)=C(/F)Cc1cccc(Oc2ccccc2)c1)c1ccc(Cl)cc1. The van der Waals surface area contributed by atoms with Crippen LogP contribution in [0.3, 0.4) is 0 Å². The number of benzene rings is 3. The Kier molecular flexibility index (Phi) is 6.32. The highest BCUT2D eigenvalue weighted by atomic mass is 35.5. The van der Waals surface area contributed by atoms with E-state index >= 15 is 0 Å². The van der Waals surface area contributed by atoms with Crippen LogP contribution < -0.4 is 9.92 Å². The molecule has 0 radical (unpaired) electrons. The molecular weight excluding hydrogens is 394 g/mol. The van der Waals surface area contributed by atoms with Gasteiger partial charge in [-0.1, -0.05) is 72.3 Å². The van der Waals surface area contributed by atoms with E-state index in [1.807, 2.05) is 30.3 Å². The van der Waals surface area contributed by atoms with E-state index < -0.39 is 19.4 Å². The first-order valence-corrected chi connectivity index (χ1v) is 12.4. The minimum Gasteiger partial charge on any atom is -0.457 e. The Balaban J connectivity index is 1.80. The summed E-state index contributed by atoms with van der Waals surface area (Å²) < 4.78 is 35.5. The maximum absolute atomic E-state index is 15.0. The van der Waals surface area contributed by atoms with Crippen molar-refractivity contribution in [2.45, 2.75) is 19.5 Å². The maximum Gasteiger partial charge on any atom is 0.151 e. The van der Waals surface area contributed by atoms with Crippen molar-refractivity contribution in [2.75, 3.05) is 0 Å². The molecular formula is C23H21ClF2OSi. The Hall–Kier alpha value is -2.43. The Morgan fingerprint density at radius 3 is 2.18 bits per heavy atom. The van der Waals surface area contributed by atoms with E-state index in [4.69, 9.17) is 16.3 Å². The number of halogens is 3. The second-order valence-corrected chi connectivity index (χ2v) is 11.8. The molecule has 0 atom stereocenters. The van der Waals surface area contributed by atoms with Crippen LogP contribution in [0.2, 0.25) is 18.1 Å². The summed E-state index contributed by atoms with van der Waals surface area (Å²) in [4.78, 5) is 0. The molecule has 0 heterocycles. The van der Waals surface area contributed by atoms with E-state index in [-0.39, 0.29) is 6.42 Å². The molecule has 0 aliphatic rings. The summed E-state index contributed by atoms with van der Waals surface area (Å²) in [5.74, 6) is 0.549. The standard InChI is InChI=1S/C23H21ClF2OSi/c1-28(2,21-13-11-18(24)12-14-21)23(26)22(25)16-17-7-6-10-20(15-17)27-19-8-4-3-5-9-19/h3-15H,16H2,1-2H3/b23-22+. The molecule has 0 saturated heterocycles. The van der Waals surface area contributed by atoms with Crippen LogP contribution in [0.15, 0.2) is 90.1 Å². The van der Waals surface area contributed by atoms with Crippen LogP contribution in [0.5, 0.6) is 11.5 Å². The highest BCUT2D eigenvalue weighted by Gasteiger charge is 2.32. The van der Waals surface area contributed by atoms with Crippen LogP contribution in [0.1, 0.15) is 5.56 Å². The number of rotatable bonds is 6. The van der Waals surface area contributed by atoms with Crippen molar-refractivity contribution in [1.29, 1.82) is 0 Å². The van der Waals surface area contributed by atoms with Gasteiger partial charge in [0.1, 0.15) is 22.8 Å². The number of hydrogen-bond donors (Lipinski definition) is 0. The molecule has 5 heteroatoms. The first kappa shape index (κ1) is 20.3. The Labute approximate surface area is 170 Å². The smallest absolute Gasteiger partial charge is 0.151 e. The molecule has 0 unspecified atom stereocenters. The van der Waals surface area contributed by atoms with Gasteiger partial charge in [0.25, 0.3) is 0 Å². The van der Waals surface area contributed by atoms with Gasteiger partial charge in [0.2, 0.25) is 0 Å². The minimum atomic E-state index is -2.75. The summed E-state index contributed by atoms with van der Waals surface area (Å²) >= 11 is 5.91. The summed E-state index contributed by atoms with van der Waals surface area (Å²) in [5, 5.41) is 1.37. The van der Waals surface area contributed by atoms with E-state index in [1.165, 1.54) is 0 Å². The van der Waals surface area contributed by atoms with Crippen molar-refractivity contribution in [1.82, 2.24) is 0 Å². The van der Waals surface area contributed by atoms with Crippen LogP contribution >= 0.6 is 11.6 Å². The lowest BCUT2D eigenvalue weighted by molar-refractivity contribution is 0.481. The second kappa shape index (κ2) is 8.72. The third kappa shape index (κ3) is 4.88. The van der Waals surface area contributed by atoms with Gasteiger partial charge in [0, 0.05) is 11.4 Å². The van der Waals surface area contributed by atoms with Crippen molar-refractivity contribution >= 4 is 24.9 Å². The third-order valence-electron chi connectivity index (χ3n) is 4.59. The first-order valence-electron chi connectivity index (χ1n) is 8.99. The maximum atomic E-state index is 15.0. The minimum absolute atomic E-state index is 0.109. The van der Waals surface area contributed by atoms with E-state index in [2.05, 4.69) is 0 Å². The van der Waals surface area contributed by atoms with Gasteiger partial charge in [-0.2, -0.15) is 0 Å². The van der Waals surface area contributed by atoms with Gasteiger partial charge < -0.3 is 4.74 Å². The average Bonchev–Trinajstić information content (AvgIpc) is 2.68. The number of allylic oxidation sites excluding steroid dienone is 1. The molecule has 3 rings (SSSR count). The Morgan fingerprint density at radius 2 is 1.50 bits per heavy atom. The van der Waals surface area contributed by atoms with Gasteiger partial charge >= 0.3 is 0 Å². The lowest BCUT2D eigenvalue weighted by Gasteiger charge is -2.21. The number of para-hydroxylation sites is 1. The molecule has 0 aliphatic heterocycles. The summed E-state index contributed by atoms with van der Waals surface area (Å²) in [6.45, 7) is 3.58. The Morgan fingerprint density at radius 1 is 0.857 bits per heavy atom. The van der Waals surface area contributed by atoms with Gasteiger partial charge in [-0.15, -0.1) is 0 Å². The normalized spacial score (nSPS) is 12.5. The van der Waals surface area contributed by atoms with Crippen molar-refractivity contribution in [2.24, 2.45) is 0 Å². The predicted octanol–water partition coefficient (Wildman–Crippen LogP) is 6.98. The highest BCUT2D eigenvalue weighted by Crippen LogP contribution is 2.27. The molecule has 3 aromatic carbocycles. The van der Waals surface area contributed by atoms with Crippen molar-refractivity contribution in [3.05, 3.63) is 101 Å². The fourth-order valence-corrected chi connectivity index (χ4v) is 5.08. The molecule has 0 N–H and O–H groups in total. The van der Waals surface area contributed by atoms with Crippen LogP contribution in [-0.4, -0.2) is 8.07 Å². The fraction of sp³-hybridized carbons (Fsp3) is 0.130. The largest absolute Gasteiger partial charge is 0.457 e. The van der Waals surface area contributed by atoms with Gasteiger partial charge in [0.05, 0.1) is 0 Å². The predicted molar refractivity (Wildman–Crippen MR) is 114 cm³/mol. The Bertz CT molecular complexity index is 969. The molecule has 0 bridgehead atoms. The zero-order chi connectivity index (χ0) is 20.1.